The number of rotatable bonds is 1. The van der Waals surface area contributed by atoms with Crippen LogP contribution in [-0.4, -0.2) is 4.98 Å². The number of benzene rings is 1. The standard InChI is InChI=1S/C9H8NS2/c1-6(11)9-10-7-4-2-3-5-8(7)12-9/h2-6,11H,1H2. The predicted octanol–water partition coefficient (Wildman–Crippen LogP) is 3.10. The molecule has 2 rings (SSSR count). The summed E-state index contributed by atoms with van der Waals surface area (Å²) in [5.41, 5.74) is 1.04. The molecule has 0 aliphatic carbocycles. The molecule has 1 nitrogen and oxygen atoms in total. The summed E-state index contributed by atoms with van der Waals surface area (Å²) in [6, 6.07) is 8.07. The van der Waals surface area contributed by atoms with Crippen molar-refractivity contribution >= 4 is 34.2 Å². The summed E-state index contributed by atoms with van der Waals surface area (Å²) < 4.78 is 1.20. The molecular weight excluding hydrogens is 186 g/mol. The highest BCUT2D eigenvalue weighted by Gasteiger charge is 2.06. The lowest BCUT2D eigenvalue weighted by Crippen LogP contribution is -1.79. The van der Waals surface area contributed by atoms with Gasteiger partial charge in [-0.1, -0.05) is 12.1 Å². The zero-order valence-corrected chi connectivity index (χ0v) is 8.11. The summed E-state index contributed by atoms with van der Waals surface area (Å²) in [6.45, 7) is 3.82. The number of hydrogen-bond acceptors (Lipinski definition) is 3. The molecule has 0 saturated carbocycles. The molecule has 1 aromatic carbocycles. The average molecular weight is 194 g/mol. The molecule has 12 heavy (non-hydrogen) atoms. The lowest BCUT2D eigenvalue weighted by atomic mass is 10.3. The highest BCUT2D eigenvalue weighted by atomic mass is 32.1. The third-order valence-corrected chi connectivity index (χ3v) is 3.16. The first-order chi connectivity index (χ1) is 5.77. The van der Waals surface area contributed by atoms with Gasteiger partial charge in [-0.2, -0.15) is 12.6 Å². The lowest BCUT2D eigenvalue weighted by Gasteiger charge is -1.93. The molecule has 1 unspecified atom stereocenters. The highest BCUT2D eigenvalue weighted by Crippen LogP contribution is 2.28. The van der Waals surface area contributed by atoms with E-state index in [1.54, 1.807) is 11.3 Å². The molecule has 61 valence electrons. The molecule has 1 heterocycles. The summed E-state index contributed by atoms with van der Waals surface area (Å²) in [7, 11) is 0. The maximum absolute atomic E-state index is 4.39. The van der Waals surface area contributed by atoms with Gasteiger partial charge < -0.3 is 0 Å². The number of fused-ring (bicyclic) bond motifs is 1. The van der Waals surface area contributed by atoms with Crippen LogP contribution >= 0.6 is 24.0 Å². The molecule has 0 amide bonds. The van der Waals surface area contributed by atoms with E-state index in [2.05, 4.69) is 30.6 Å². The molecular formula is C9H8NS2. The number of thiol groups is 1. The number of hydrogen-bond donors (Lipinski definition) is 1. The maximum atomic E-state index is 4.39. The fourth-order valence-corrected chi connectivity index (χ4v) is 2.12. The first-order valence-corrected chi connectivity index (χ1v) is 4.97. The molecule has 0 N–H and O–H groups in total. The maximum Gasteiger partial charge on any atom is 0.107 e. The zero-order valence-electron chi connectivity index (χ0n) is 6.40. The molecule has 1 aromatic heterocycles. The molecule has 1 atom stereocenters. The van der Waals surface area contributed by atoms with Crippen molar-refractivity contribution in [1.29, 1.82) is 0 Å². The van der Waals surface area contributed by atoms with Gasteiger partial charge in [-0.15, -0.1) is 11.3 Å². The minimum Gasteiger partial charge on any atom is -0.240 e. The van der Waals surface area contributed by atoms with Crippen molar-refractivity contribution in [3.63, 3.8) is 0 Å². The Morgan fingerprint density at radius 1 is 1.42 bits per heavy atom. The van der Waals surface area contributed by atoms with E-state index in [1.807, 2.05) is 18.2 Å². The fraction of sp³-hybridized carbons (Fsp3) is 0.111. The van der Waals surface area contributed by atoms with Crippen LogP contribution in [0.15, 0.2) is 24.3 Å². The Kier molecular flexibility index (Phi) is 2.07. The number of thiazole rings is 1. The van der Waals surface area contributed by atoms with Crippen molar-refractivity contribution < 1.29 is 0 Å². The van der Waals surface area contributed by atoms with Crippen molar-refractivity contribution in [1.82, 2.24) is 4.98 Å². The number of aromatic nitrogens is 1. The van der Waals surface area contributed by atoms with Gasteiger partial charge in [0.2, 0.25) is 0 Å². The van der Waals surface area contributed by atoms with Crippen molar-refractivity contribution in [2.24, 2.45) is 0 Å². The van der Waals surface area contributed by atoms with Gasteiger partial charge in [-0.3, -0.25) is 0 Å². The van der Waals surface area contributed by atoms with Gasteiger partial charge in [0.15, 0.2) is 0 Å². The number of para-hydroxylation sites is 1. The van der Waals surface area contributed by atoms with Gasteiger partial charge in [0.25, 0.3) is 0 Å². The Bertz CT molecular complexity index is 359. The Hall–Kier alpha value is -0.540. The largest absolute Gasteiger partial charge is 0.240 e. The second-order valence-corrected chi connectivity index (χ2v) is 4.22. The van der Waals surface area contributed by atoms with Gasteiger partial charge in [0.05, 0.1) is 15.5 Å². The Balaban J connectivity index is 2.62. The van der Waals surface area contributed by atoms with Crippen molar-refractivity contribution in [3.05, 3.63) is 36.2 Å². The van der Waals surface area contributed by atoms with Gasteiger partial charge in [0, 0.05) is 0 Å². The lowest BCUT2D eigenvalue weighted by molar-refractivity contribution is 1.19. The van der Waals surface area contributed by atoms with Crippen LogP contribution in [-0.2, 0) is 0 Å². The Labute approximate surface area is 80.9 Å². The molecule has 0 fully saturated rings. The average Bonchev–Trinajstić information content (AvgIpc) is 2.46. The molecule has 0 bridgehead atoms. The normalized spacial score (nSPS) is 13.5. The van der Waals surface area contributed by atoms with Gasteiger partial charge in [-0.05, 0) is 19.1 Å². The Morgan fingerprint density at radius 2 is 2.17 bits per heavy atom. The van der Waals surface area contributed by atoms with Crippen molar-refractivity contribution in [2.75, 3.05) is 0 Å². The first-order valence-electron chi connectivity index (χ1n) is 3.64. The van der Waals surface area contributed by atoms with E-state index in [1.165, 1.54) is 4.70 Å². The second kappa shape index (κ2) is 3.07. The van der Waals surface area contributed by atoms with Gasteiger partial charge >= 0.3 is 0 Å². The predicted molar refractivity (Wildman–Crippen MR) is 56.7 cm³/mol. The smallest absolute Gasteiger partial charge is 0.107 e. The van der Waals surface area contributed by atoms with E-state index < -0.39 is 0 Å². The molecule has 2 aromatic rings. The minimum atomic E-state index is -0.0117. The van der Waals surface area contributed by atoms with E-state index >= 15 is 0 Å². The van der Waals surface area contributed by atoms with Gasteiger partial charge in [-0.25, -0.2) is 4.98 Å². The molecule has 0 aliphatic rings. The Morgan fingerprint density at radius 3 is 2.83 bits per heavy atom. The SMILES string of the molecule is [CH2]C(S)c1nc2ccccc2s1. The molecule has 1 radical (unpaired) electrons. The van der Waals surface area contributed by atoms with Crippen molar-refractivity contribution in [3.8, 4) is 0 Å². The summed E-state index contributed by atoms with van der Waals surface area (Å²) in [6.07, 6.45) is 0. The van der Waals surface area contributed by atoms with Crippen LogP contribution in [0, 0.1) is 6.92 Å². The van der Waals surface area contributed by atoms with E-state index in [0.29, 0.717) is 0 Å². The zero-order chi connectivity index (χ0) is 8.55. The quantitative estimate of drug-likeness (QED) is 0.688. The van der Waals surface area contributed by atoms with E-state index in [9.17, 15) is 0 Å². The topological polar surface area (TPSA) is 12.9 Å². The molecule has 0 aliphatic heterocycles. The van der Waals surface area contributed by atoms with E-state index in [0.717, 1.165) is 10.5 Å². The molecule has 0 saturated heterocycles. The van der Waals surface area contributed by atoms with Crippen LogP contribution < -0.4 is 0 Å². The van der Waals surface area contributed by atoms with E-state index in [4.69, 9.17) is 0 Å². The summed E-state index contributed by atoms with van der Waals surface area (Å²) >= 11 is 5.89. The first kappa shape index (κ1) is 8.08. The fourth-order valence-electron chi connectivity index (χ4n) is 1.03. The van der Waals surface area contributed by atoms with Crippen LogP contribution in [0.3, 0.4) is 0 Å². The van der Waals surface area contributed by atoms with E-state index in [-0.39, 0.29) is 5.25 Å². The van der Waals surface area contributed by atoms with Gasteiger partial charge in [0.1, 0.15) is 5.01 Å². The molecule has 3 heteroatoms. The third-order valence-electron chi connectivity index (χ3n) is 1.60. The number of nitrogens with zero attached hydrogens (tertiary/aromatic N) is 1. The van der Waals surface area contributed by atoms with Crippen LogP contribution in [0.4, 0.5) is 0 Å². The van der Waals surface area contributed by atoms with Crippen LogP contribution in [0.2, 0.25) is 0 Å². The molecule has 0 spiro atoms. The van der Waals surface area contributed by atoms with Crippen LogP contribution in [0.1, 0.15) is 10.3 Å². The monoisotopic (exact) mass is 194 g/mol. The van der Waals surface area contributed by atoms with Crippen molar-refractivity contribution in [2.45, 2.75) is 5.25 Å². The van der Waals surface area contributed by atoms with Crippen LogP contribution in [0.5, 0.6) is 0 Å². The van der Waals surface area contributed by atoms with Crippen LogP contribution in [0.25, 0.3) is 10.2 Å². The highest BCUT2D eigenvalue weighted by molar-refractivity contribution is 7.80. The second-order valence-electron chi connectivity index (χ2n) is 2.54. The summed E-state index contributed by atoms with van der Waals surface area (Å²) in [5, 5.41) is 0.974. The minimum absolute atomic E-state index is 0.0117. The summed E-state index contributed by atoms with van der Waals surface area (Å²) in [4.78, 5) is 4.39. The third kappa shape index (κ3) is 1.34. The summed E-state index contributed by atoms with van der Waals surface area (Å²) in [5.74, 6) is 0.